The Morgan fingerprint density at radius 1 is 1.00 bits per heavy atom. The van der Waals surface area contributed by atoms with E-state index in [-0.39, 0.29) is 16.7 Å². The maximum absolute atomic E-state index is 12.2. The molecule has 0 radical (unpaired) electrons. The van der Waals surface area contributed by atoms with Crippen molar-refractivity contribution in [2.45, 2.75) is 48.8 Å². The molecule has 0 aliphatic heterocycles. The number of hydrogen-bond donors (Lipinski definition) is 2. The molecular formula is C13H20N2O4S2. The van der Waals surface area contributed by atoms with Gasteiger partial charge in [-0.1, -0.05) is 31.4 Å². The molecule has 118 valence electrons. The van der Waals surface area contributed by atoms with Crippen molar-refractivity contribution >= 4 is 20.0 Å². The molecule has 6 nitrogen and oxygen atoms in total. The number of sulfonamides is 2. The van der Waals surface area contributed by atoms with Crippen molar-refractivity contribution in [1.29, 1.82) is 0 Å². The monoisotopic (exact) mass is 332 g/mol. The zero-order chi connectivity index (χ0) is 15.5. The lowest BCUT2D eigenvalue weighted by Crippen LogP contribution is -2.35. The second-order valence-corrected chi connectivity index (χ2v) is 8.92. The summed E-state index contributed by atoms with van der Waals surface area (Å²) in [7, 11) is -7.03. The molecule has 0 heterocycles. The zero-order valence-corrected chi connectivity index (χ0v) is 13.3. The van der Waals surface area contributed by atoms with Crippen LogP contribution in [0.25, 0.3) is 0 Å². The van der Waals surface area contributed by atoms with Crippen LogP contribution in [0, 0.1) is 0 Å². The van der Waals surface area contributed by atoms with Gasteiger partial charge >= 0.3 is 0 Å². The van der Waals surface area contributed by atoms with Crippen LogP contribution in [0.2, 0.25) is 0 Å². The molecule has 0 amide bonds. The van der Waals surface area contributed by atoms with Crippen molar-refractivity contribution in [1.82, 2.24) is 4.72 Å². The second kappa shape index (κ2) is 6.43. The third kappa shape index (κ3) is 4.50. The van der Waals surface area contributed by atoms with E-state index in [1.165, 1.54) is 12.1 Å². The molecule has 0 atom stereocenters. The quantitative estimate of drug-likeness (QED) is 0.841. The van der Waals surface area contributed by atoms with E-state index in [9.17, 15) is 16.8 Å². The highest BCUT2D eigenvalue weighted by molar-refractivity contribution is 7.90. The number of benzene rings is 1. The van der Waals surface area contributed by atoms with Crippen molar-refractivity contribution in [2.75, 3.05) is 0 Å². The Bertz CT molecular complexity index is 675. The number of nitrogens with two attached hydrogens (primary N) is 1. The van der Waals surface area contributed by atoms with Gasteiger partial charge in [-0.2, -0.15) is 0 Å². The Labute approximate surface area is 125 Å². The Balaban J connectivity index is 1.99. The Morgan fingerprint density at radius 3 is 2.10 bits per heavy atom. The van der Waals surface area contributed by atoms with Gasteiger partial charge in [0.1, 0.15) is 0 Å². The topological polar surface area (TPSA) is 106 Å². The van der Waals surface area contributed by atoms with E-state index in [1.54, 1.807) is 12.1 Å². The van der Waals surface area contributed by atoms with Crippen LogP contribution in [-0.4, -0.2) is 22.1 Å². The van der Waals surface area contributed by atoms with Crippen molar-refractivity contribution in [3.63, 3.8) is 0 Å². The van der Waals surface area contributed by atoms with Gasteiger partial charge in [0, 0.05) is 6.54 Å². The first kappa shape index (κ1) is 16.4. The Morgan fingerprint density at radius 2 is 1.57 bits per heavy atom. The predicted molar refractivity (Wildman–Crippen MR) is 80.4 cm³/mol. The number of nitrogens with one attached hydrogen (secondary N) is 1. The van der Waals surface area contributed by atoms with E-state index >= 15 is 0 Å². The summed E-state index contributed by atoms with van der Waals surface area (Å²) < 4.78 is 49.2. The summed E-state index contributed by atoms with van der Waals surface area (Å²) in [5.41, 5.74) is 0.696. The summed E-state index contributed by atoms with van der Waals surface area (Å²) in [6.45, 7) is 0.156. The van der Waals surface area contributed by atoms with Crippen LogP contribution in [-0.2, 0) is 26.6 Å². The maximum atomic E-state index is 12.2. The van der Waals surface area contributed by atoms with Gasteiger partial charge in [-0.25, -0.2) is 26.7 Å². The van der Waals surface area contributed by atoms with E-state index < -0.39 is 20.0 Å². The van der Waals surface area contributed by atoms with Crippen LogP contribution in [0.3, 0.4) is 0 Å². The minimum absolute atomic E-state index is 0.0152. The first-order valence-corrected chi connectivity index (χ1v) is 9.98. The van der Waals surface area contributed by atoms with Gasteiger partial charge in [-0.15, -0.1) is 0 Å². The molecule has 1 fully saturated rings. The Hall–Kier alpha value is -0.960. The zero-order valence-electron chi connectivity index (χ0n) is 11.7. The molecule has 0 saturated heterocycles. The molecule has 1 aromatic rings. The second-order valence-electron chi connectivity index (χ2n) is 5.32. The Kier molecular flexibility index (Phi) is 5.03. The van der Waals surface area contributed by atoms with Crippen LogP contribution in [0.4, 0.5) is 0 Å². The molecule has 0 spiro atoms. The fourth-order valence-electron chi connectivity index (χ4n) is 2.47. The van der Waals surface area contributed by atoms with Crippen molar-refractivity contribution in [3.8, 4) is 0 Å². The molecule has 0 bridgehead atoms. The van der Waals surface area contributed by atoms with E-state index in [0.717, 1.165) is 19.3 Å². The first-order chi connectivity index (χ1) is 9.79. The summed E-state index contributed by atoms with van der Waals surface area (Å²) in [6.07, 6.45) is 4.42. The van der Waals surface area contributed by atoms with E-state index in [0.29, 0.717) is 18.4 Å². The highest BCUT2D eigenvalue weighted by atomic mass is 32.2. The molecule has 21 heavy (non-hydrogen) atoms. The lowest BCUT2D eigenvalue weighted by atomic mass is 10.0. The van der Waals surface area contributed by atoms with Crippen LogP contribution < -0.4 is 9.86 Å². The smallest absolute Gasteiger partial charge is 0.225 e. The summed E-state index contributed by atoms with van der Waals surface area (Å²) in [6, 6.07) is 5.87. The van der Waals surface area contributed by atoms with Crippen LogP contribution in [0.15, 0.2) is 29.2 Å². The normalized spacial score (nSPS) is 17.8. The van der Waals surface area contributed by atoms with Crippen LogP contribution >= 0.6 is 0 Å². The minimum atomic E-state index is -3.72. The average Bonchev–Trinajstić information content (AvgIpc) is 2.46. The van der Waals surface area contributed by atoms with Gasteiger partial charge in [0.2, 0.25) is 20.0 Å². The van der Waals surface area contributed by atoms with Gasteiger partial charge in [0.25, 0.3) is 0 Å². The highest BCUT2D eigenvalue weighted by Gasteiger charge is 2.26. The molecule has 1 aliphatic rings. The van der Waals surface area contributed by atoms with Gasteiger partial charge in [0.15, 0.2) is 0 Å². The molecule has 1 saturated carbocycles. The molecule has 8 heteroatoms. The average molecular weight is 332 g/mol. The predicted octanol–water partition coefficient (Wildman–Crippen LogP) is 1.09. The lowest BCUT2D eigenvalue weighted by molar-refractivity contribution is 0.477. The largest absolute Gasteiger partial charge is 0.238 e. The third-order valence-corrected chi connectivity index (χ3v) is 6.55. The maximum Gasteiger partial charge on any atom is 0.238 e. The van der Waals surface area contributed by atoms with Gasteiger partial charge in [-0.3, -0.25) is 0 Å². The lowest BCUT2D eigenvalue weighted by Gasteiger charge is -2.22. The van der Waals surface area contributed by atoms with E-state index in [1.807, 2.05) is 0 Å². The molecular weight excluding hydrogens is 312 g/mol. The van der Waals surface area contributed by atoms with Gasteiger partial charge in [-0.05, 0) is 30.5 Å². The molecule has 1 aliphatic carbocycles. The van der Waals surface area contributed by atoms with E-state index in [2.05, 4.69) is 4.72 Å². The standard InChI is InChI=1S/C13H20N2O4S2/c14-20(16,17)12-8-6-11(7-9-12)10-15-21(18,19)13-4-2-1-3-5-13/h6-9,13,15H,1-5,10H2,(H2,14,16,17). The van der Waals surface area contributed by atoms with Crippen molar-refractivity contribution in [3.05, 3.63) is 29.8 Å². The van der Waals surface area contributed by atoms with Crippen molar-refractivity contribution in [2.24, 2.45) is 5.14 Å². The molecule has 0 unspecified atom stereocenters. The minimum Gasteiger partial charge on any atom is -0.225 e. The van der Waals surface area contributed by atoms with Gasteiger partial charge < -0.3 is 0 Å². The summed E-state index contributed by atoms with van der Waals surface area (Å²) in [5, 5.41) is 4.70. The third-order valence-electron chi connectivity index (χ3n) is 3.72. The number of rotatable bonds is 5. The summed E-state index contributed by atoms with van der Waals surface area (Å²) in [4.78, 5) is 0.0152. The molecule has 0 aromatic heterocycles. The SMILES string of the molecule is NS(=O)(=O)c1ccc(CNS(=O)(=O)C2CCCCC2)cc1. The van der Waals surface area contributed by atoms with Crippen molar-refractivity contribution < 1.29 is 16.8 Å². The van der Waals surface area contributed by atoms with Crippen LogP contribution in [0.1, 0.15) is 37.7 Å². The first-order valence-electron chi connectivity index (χ1n) is 6.89. The fraction of sp³-hybridized carbons (Fsp3) is 0.538. The van der Waals surface area contributed by atoms with Crippen LogP contribution in [0.5, 0.6) is 0 Å². The highest BCUT2D eigenvalue weighted by Crippen LogP contribution is 2.23. The summed E-state index contributed by atoms with van der Waals surface area (Å²) in [5.74, 6) is 0. The van der Waals surface area contributed by atoms with Gasteiger partial charge in [0.05, 0.1) is 10.1 Å². The molecule has 3 N–H and O–H groups in total. The molecule has 2 rings (SSSR count). The number of hydrogen-bond acceptors (Lipinski definition) is 4. The van der Waals surface area contributed by atoms with E-state index in [4.69, 9.17) is 5.14 Å². The summed E-state index contributed by atoms with van der Waals surface area (Å²) >= 11 is 0. The molecule has 1 aromatic carbocycles. The number of primary sulfonamides is 1. The fourth-order valence-corrected chi connectivity index (χ4v) is 4.55.